The van der Waals surface area contributed by atoms with Gasteiger partial charge in [0.25, 0.3) is 5.69 Å². The van der Waals surface area contributed by atoms with Crippen LogP contribution in [0.25, 0.3) is 0 Å². The molecule has 1 aromatic carbocycles. The molecule has 7 nitrogen and oxygen atoms in total. The van der Waals surface area contributed by atoms with Crippen LogP contribution in [0, 0.1) is 16.0 Å². The summed E-state index contributed by atoms with van der Waals surface area (Å²) >= 11 is 0. The normalized spacial score (nSPS) is 22.0. The second-order valence-corrected chi connectivity index (χ2v) is 7.52. The molecule has 2 rings (SSSR count). The van der Waals surface area contributed by atoms with Crippen molar-refractivity contribution < 1.29 is 22.9 Å². The van der Waals surface area contributed by atoms with Crippen LogP contribution in [0.1, 0.15) is 25.7 Å². The van der Waals surface area contributed by atoms with E-state index in [0.717, 1.165) is 0 Å². The van der Waals surface area contributed by atoms with Crippen LogP contribution in [-0.2, 0) is 19.4 Å². The number of benzene rings is 1. The van der Waals surface area contributed by atoms with E-state index in [0.29, 0.717) is 25.7 Å². The number of non-ortho nitro benzene ring substituents is 1. The fourth-order valence-electron chi connectivity index (χ4n) is 2.73. The fourth-order valence-corrected chi connectivity index (χ4v) is 4.52. The van der Waals surface area contributed by atoms with Gasteiger partial charge in [0.15, 0.2) is 9.84 Å². The van der Waals surface area contributed by atoms with Crippen molar-refractivity contribution in [1.29, 1.82) is 0 Å². The van der Waals surface area contributed by atoms with Gasteiger partial charge in [-0.05, 0) is 37.8 Å². The van der Waals surface area contributed by atoms with Crippen LogP contribution in [0.4, 0.5) is 5.69 Å². The van der Waals surface area contributed by atoms with E-state index in [1.165, 1.54) is 31.4 Å². The minimum Gasteiger partial charge on any atom is -0.469 e. The van der Waals surface area contributed by atoms with Crippen molar-refractivity contribution in [3.05, 3.63) is 34.4 Å². The molecule has 120 valence electrons. The Morgan fingerprint density at radius 2 is 1.73 bits per heavy atom. The summed E-state index contributed by atoms with van der Waals surface area (Å²) in [5.74, 6) is -0.542. The summed E-state index contributed by atoms with van der Waals surface area (Å²) in [6.45, 7) is 0. The molecule has 0 aliphatic heterocycles. The first kappa shape index (κ1) is 16.4. The third-order valence-electron chi connectivity index (χ3n) is 4.02. The zero-order valence-electron chi connectivity index (χ0n) is 12.1. The van der Waals surface area contributed by atoms with E-state index < -0.39 is 20.0 Å². The van der Waals surface area contributed by atoms with E-state index >= 15 is 0 Å². The van der Waals surface area contributed by atoms with Crippen molar-refractivity contribution >= 4 is 21.5 Å². The van der Waals surface area contributed by atoms with Crippen LogP contribution in [0.3, 0.4) is 0 Å². The topological polar surface area (TPSA) is 104 Å². The number of ether oxygens (including phenoxy) is 1. The lowest BCUT2D eigenvalue weighted by atomic mass is 9.89. The van der Waals surface area contributed by atoms with Gasteiger partial charge in [-0.2, -0.15) is 0 Å². The Balaban J connectivity index is 2.11. The first-order valence-corrected chi connectivity index (χ1v) is 8.47. The third-order valence-corrected chi connectivity index (χ3v) is 6.30. The van der Waals surface area contributed by atoms with Gasteiger partial charge in [-0.3, -0.25) is 14.9 Å². The van der Waals surface area contributed by atoms with Gasteiger partial charge in [0.1, 0.15) is 0 Å². The van der Waals surface area contributed by atoms with Crippen molar-refractivity contribution in [1.82, 2.24) is 0 Å². The van der Waals surface area contributed by atoms with Crippen molar-refractivity contribution in [3.8, 4) is 0 Å². The molecule has 0 unspecified atom stereocenters. The lowest BCUT2D eigenvalue weighted by Gasteiger charge is -2.26. The Labute approximate surface area is 128 Å². The maximum absolute atomic E-state index is 12.5. The summed E-state index contributed by atoms with van der Waals surface area (Å²) in [7, 11) is -2.21. The van der Waals surface area contributed by atoms with Crippen LogP contribution < -0.4 is 0 Å². The molecule has 0 N–H and O–H groups in total. The summed E-state index contributed by atoms with van der Waals surface area (Å²) in [6.07, 6.45) is 1.73. The molecule has 1 saturated carbocycles. The second kappa shape index (κ2) is 6.43. The minimum absolute atomic E-state index is 0.0830. The number of hydrogen-bond acceptors (Lipinski definition) is 6. The van der Waals surface area contributed by atoms with Gasteiger partial charge in [-0.25, -0.2) is 8.42 Å². The van der Waals surface area contributed by atoms with E-state index in [-0.39, 0.29) is 22.5 Å². The van der Waals surface area contributed by atoms with Crippen molar-refractivity contribution in [2.75, 3.05) is 7.11 Å². The maximum atomic E-state index is 12.5. The van der Waals surface area contributed by atoms with Gasteiger partial charge in [-0.15, -0.1) is 0 Å². The number of nitrogens with zero attached hydrogens (tertiary/aromatic N) is 1. The predicted octanol–water partition coefficient (Wildman–Crippen LogP) is 2.10. The molecule has 22 heavy (non-hydrogen) atoms. The molecule has 0 amide bonds. The molecule has 0 saturated heterocycles. The quantitative estimate of drug-likeness (QED) is 0.476. The van der Waals surface area contributed by atoms with Crippen molar-refractivity contribution in [3.63, 3.8) is 0 Å². The zero-order chi connectivity index (χ0) is 16.3. The number of nitro benzene ring substituents is 1. The summed E-state index contributed by atoms with van der Waals surface area (Å²) in [5.41, 5.74) is -0.145. The van der Waals surface area contributed by atoms with Gasteiger partial charge in [-0.1, -0.05) is 0 Å². The average Bonchev–Trinajstić information content (AvgIpc) is 2.54. The molecular formula is C14H17NO6S. The highest BCUT2D eigenvalue weighted by Gasteiger charge is 2.34. The molecule has 1 aliphatic carbocycles. The molecule has 1 aromatic rings. The Morgan fingerprint density at radius 1 is 1.18 bits per heavy atom. The second-order valence-electron chi connectivity index (χ2n) is 5.29. The first-order valence-electron chi connectivity index (χ1n) is 6.92. The lowest BCUT2D eigenvalue weighted by molar-refractivity contribution is -0.384. The molecule has 0 spiro atoms. The number of hydrogen-bond donors (Lipinski definition) is 0. The van der Waals surface area contributed by atoms with E-state index in [1.807, 2.05) is 0 Å². The minimum atomic E-state index is -3.54. The van der Waals surface area contributed by atoms with Crippen molar-refractivity contribution in [2.45, 2.75) is 35.8 Å². The van der Waals surface area contributed by atoms with Gasteiger partial charge in [0, 0.05) is 12.1 Å². The molecule has 0 bridgehead atoms. The summed E-state index contributed by atoms with van der Waals surface area (Å²) < 4.78 is 29.7. The molecule has 1 aliphatic rings. The van der Waals surface area contributed by atoms with Gasteiger partial charge in [0.05, 0.1) is 28.1 Å². The van der Waals surface area contributed by atoms with Crippen LogP contribution >= 0.6 is 0 Å². The van der Waals surface area contributed by atoms with Gasteiger partial charge < -0.3 is 4.74 Å². The van der Waals surface area contributed by atoms with Crippen LogP contribution in [0.2, 0.25) is 0 Å². The monoisotopic (exact) mass is 327 g/mol. The van der Waals surface area contributed by atoms with E-state index in [4.69, 9.17) is 0 Å². The molecule has 1 fully saturated rings. The molecule has 0 heterocycles. The summed E-state index contributed by atoms with van der Waals surface area (Å²) in [5, 5.41) is 10.0. The van der Waals surface area contributed by atoms with E-state index in [2.05, 4.69) is 4.74 Å². The average molecular weight is 327 g/mol. The number of sulfone groups is 1. The Hall–Kier alpha value is -1.96. The molecule has 0 radical (unpaired) electrons. The number of methoxy groups -OCH3 is 1. The van der Waals surface area contributed by atoms with Crippen LogP contribution in [-0.4, -0.2) is 31.7 Å². The summed E-state index contributed by atoms with van der Waals surface area (Å²) in [4.78, 5) is 21.6. The highest BCUT2D eigenvalue weighted by atomic mass is 32.2. The maximum Gasteiger partial charge on any atom is 0.308 e. The number of carbonyl (C=O) groups excluding carboxylic acids is 1. The van der Waals surface area contributed by atoms with Crippen molar-refractivity contribution in [2.24, 2.45) is 5.92 Å². The van der Waals surface area contributed by atoms with Gasteiger partial charge >= 0.3 is 5.97 Å². The fraction of sp³-hybridized carbons (Fsp3) is 0.500. The summed E-state index contributed by atoms with van der Waals surface area (Å²) in [6, 6.07) is 4.90. The molecule has 0 atom stereocenters. The lowest BCUT2D eigenvalue weighted by Crippen LogP contribution is -2.30. The highest BCUT2D eigenvalue weighted by molar-refractivity contribution is 7.92. The van der Waals surface area contributed by atoms with Crippen LogP contribution in [0.15, 0.2) is 29.2 Å². The largest absolute Gasteiger partial charge is 0.469 e. The Bertz CT molecular complexity index is 659. The first-order chi connectivity index (χ1) is 10.4. The third kappa shape index (κ3) is 3.27. The number of esters is 1. The van der Waals surface area contributed by atoms with E-state index in [1.54, 1.807) is 0 Å². The Morgan fingerprint density at radius 3 is 2.18 bits per heavy atom. The van der Waals surface area contributed by atoms with Crippen LogP contribution in [0.5, 0.6) is 0 Å². The zero-order valence-corrected chi connectivity index (χ0v) is 12.9. The number of rotatable bonds is 4. The van der Waals surface area contributed by atoms with Gasteiger partial charge in [0.2, 0.25) is 0 Å². The Kier molecular flexibility index (Phi) is 4.80. The molecule has 8 heteroatoms. The molecular weight excluding hydrogens is 310 g/mol. The predicted molar refractivity (Wildman–Crippen MR) is 78.0 cm³/mol. The number of carbonyl (C=O) groups is 1. The SMILES string of the molecule is COC(=O)C1CCC(S(=O)(=O)c2ccc([N+](=O)[O-])cc2)CC1. The highest BCUT2D eigenvalue weighted by Crippen LogP contribution is 2.32. The standard InChI is InChI=1S/C14H17NO6S/c1-21-14(16)10-2-6-12(7-3-10)22(19,20)13-8-4-11(5-9-13)15(17)18/h4-5,8-10,12H,2-3,6-7H2,1H3. The number of nitro groups is 1. The molecule has 0 aromatic heterocycles. The van der Waals surface area contributed by atoms with E-state index in [9.17, 15) is 23.3 Å². The smallest absolute Gasteiger partial charge is 0.308 e.